The Balaban J connectivity index is 1.84. The van der Waals surface area contributed by atoms with Gasteiger partial charge in [-0.3, -0.25) is 0 Å². The molecule has 0 amide bonds. The van der Waals surface area contributed by atoms with Gasteiger partial charge >= 0.3 is 0 Å². The molecule has 2 heterocycles. The van der Waals surface area contributed by atoms with Crippen LogP contribution < -0.4 is 5.32 Å². The van der Waals surface area contributed by atoms with E-state index < -0.39 is 0 Å². The van der Waals surface area contributed by atoms with Gasteiger partial charge in [0, 0.05) is 19.6 Å². The zero-order valence-electron chi connectivity index (χ0n) is 10.3. The Labute approximate surface area is 103 Å². The van der Waals surface area contributed by atoms with Crippen molar-refractivity contribution < 1.29 is 0 Å². The highest BCUT2D eigenvalue weighted by molar-refractivity contribution is 7.07. The fourth-order valence-electron chi connectivity index (χ4n) is 2.66. The second-order valence-corrected chi connectivity index (χ2v) is 6.17. The van der Waals surface area contributed by atoms with Crippen molar-refractivity contribution in [1.29, 1.82) is 0 Å². The van der Waals surface area contributed by atoms with E-state index in [0.717, 1.165) is 6.54 Å². The SMILES string of the molecule is CN(Cc1ccsc1)CC1(C)CCCNC1. The summed E-state index contributed by atoms with van der Waals surface area (Å²) in [6, 6.07) is 2.22. The van der Waals surface area contributed by atoms with Crippen LogP contribution in [0.25, 0.3) is 0 Å². The zero-order chi connectivity index (χ0) is 11.4. The summed E-state index contributed by atoms with van der Waals surface area (Å²) in [7, 11) is 2.23. The minimum Gasteiger partial charge on any atom is -0.316 e. The van der Waals surface area contributed by atoms with Crippen molar-refractivity contribution in [2.24, 2.45) is 5.41 Å². The molecule has 1 fully saturated rings. The minimum absolute atomic E-state index is 0.461. The first-order valence-corrected chi connectivity index (χ1v) is 7.03. The summed E-state index contributed by atoms with van der Waals surface area (Å²) >= 11 is 1.79. The Morgan fingerprint density at radius 2 is 2.44 bits per heavy atom. The molecule has 2 nitrogen and oxygen atoms in total. The van der Waals surface area contributed by atoms with Gasteiger partial charge < -0.3 is 10.2 Å². The molecule has 16 heavy (non-hydrogen) atoms. The molecule has 1 aliphatic rings. The molecule has 1 atom stereocenters. The van der Waals surface area contributed by atoms with Gasteiger partial charge in [-0.1, -0.05) is 6.92 Å². The van der Waals surface area contributed by atoms with Crippen LogP contribution in [0.5, 0.6) is 0 Å². The van der Waals surface area contributed by atoms with Crippen LogP contribution in [0.3, 0.4) is 0 Å². The molecule has 0 aliphatic carbocycles. The number of piperidine rings is 1. The van der Waals surface area contributed by atoms with Gasteiger partial charge in [-0.25, -0.2) is 0 Å². The van der Waals surface area contributed by atoms with Crippen molar-refractivity contribution >= 4 is 11.3 Å². The molecule has 0 saturated carbocycles. The molecule has 90 valence electrons. The number of rotatable bonds is 4. The van der Waals surface area contributed by atoms with Gasteiger partial charge in [-0.05, 0) is 54.2 Å². The van der Waals surface area contributed by atoms with Crippen molar-refractivity contribution in [2.75, 3.05) is 26.7 Å². The number of hydrogen-bond acceptors (Lipinski definition) is 3. The number of nitrogens with zero attached hydrogens (tertiary/aromatic N) is 1. The molecule has 1 aromatic rings. The van der Waals surface area contributed by atoms with E-state index in [4.69, 9.17) is 0 Å². The van der Waals surface area contributed by atoms with Crippen LogP contribution in [0.4, 0.5) is 0 Å². The summed E-state index contributed by atoms with van der Waals surface area (Å²) in [5.74, 6) is 0. The van der Waals surface area contributed by atoms with Gasteiger partial charge in [0.1, 0.15) is 0 Å². The third kappa shape index (κ3) is 3.30. The van der Waals surface area contributed by atoms with Crippen LogP contribution in [0.2, 0.25) is 0 Å². The maximum atomic E-state index is 3.51. The molecule has 1 unspecified atom stereocenters. The largest absolute Gasteiger partial charge is 0.316 e. The third-order valence-corrected chi connectivity index (χ3v) is 4.10. The first kappa shape index (κ1) is 12.1. The van der Waals surface area contributed by atoms with Crippen LogP contribution in [0, 0.1) is 5.41 Å². The maximum absolute atomic E-state index is 3.51. The molecular formula is C13H22N2S. The number of hydrogen-bond donors (Lipinski definition) is 1. The van der Waals surface area contributed by atoms with Gasteiger partial charge in [0.2, 0.25) is 0 Å². The van der Waals surface area contributed by atoms with Crippen LogP contribution in [0.15, 0.2) is 16.8 Å². The van der Waals surface area contributed by atoms with Crippen molar-refractivity contribution in [2.45, 2.75) is 26.3 Å². The summed E-state index contributed by atoms with van der Waals surface area (Å²) in [6.07, 6.45) is 2.68. The number of thiophene rings is 1. The fourth-order valence-corrected chi connectivity index (χ4v) is 3.32. The van der Waals surface area contributed by atoms with Crippen molar-refractivity contribution in [1.82, 2.24) is 10.2 Å². The predicted molar refractivity (Wildman–Crippen MR) is 70.9 cm³/mol. The maximum Gasteiger partial charge on any atom is 0.0239 e. The summed E-state index contributed by atoms with van der Waals surface area (Å²) in [5, 5.41) is 7.92. The van der Waals surface area contributed by atoms with Gasteiger partial charge in [-0.15, -0.1) is 0 Å². The van der Waals surface area contributed by atoms with Crippen LogP contribution >= 0.6 is 11.3 Å². The van der Waals surface area contributed by atoms with E-state index in [-0.39, 0.29) is 0 Å². The summed E-state index contributed by atoms with van der Waals surface area (Å²) < 4.78 is 0. The molecule has 2 rings (SSSR count). The van der Waals surface area contributed by atoms with Gasteiger partial charge in [0.15, 0.2) is 0 Å². The van der Waals surface area contributed by atoms with Crippen LogP contribution in [-0.4, -0.2) is 31.6 Å². The van der Waals surface area contributed by atoms with Crippen molar-refractivity contribution in [3.8, 4) is 0 Å². The average Bonchev–Trinajstić information content (AvgIpc) is 2.70. The molecule has 0 bridgehead atoms. The third-order valence-electron chi connectivity index (χ3n) is 3.37. The Morgan fingerprint density at radius 3 is 3.06 bits per heavy atom. The van der Waals surface area contributed by atoms with E-state index in [9.17, 15) is 0 Å². The van der Waals surface area contributed by atoms with Crippen LogP contribution in [-0.2, 0) is 6.54 Å². The molecule has 1 saturated heterocycles. The molecule has 0 radical (unpaired) electrons. The van der Waals surface area contributed by atoms with Crippen molar-refractivity contribution in [3.05, 3.63) is 22.4 Å². The summed E-state index contributed by atoms with van der Waals surface area (Å²) in [6.45, 7) is 7.04. The molecule has 1 N–H and O–H groups in total. The fraction of sp³-hybridized carbons (Fsp3) is 0.692. The summed E-state index contributed by atoms with van der Waals surface area (Å²) in [5.41, 5.74) is 1.91. The van der Waals surface area contributed by atoms with E-state index in [1.165, 1.54) is 38.0 Å². The monoisotopic (exact) mass is 238 g/mol. The lowest BCUT2D eigenvalue weighted by Crippen LogP contribution is -2.44. The lowest BCUT2D eigenvalue weighted by Gasteiger charge is -2.37. The molecule has 0 spiro atoms. The topological polar surface area (TPSA) is 15.3 Å². The predicted octanol–water partition coefficient (Wildman–Crippen LogP) is 2.57. The Morgan fingerprint density at radius 1 is 1.56 bits per heavy atom. The zero-order valence-corrected chi connectivity index (χ0v) is 11.1. The standard InChI is InChI=1S/C13H22N2S/c1-13(5-3-6-14-10-13)11-15(2)8-12-4-7-16-9-12/h4,7,9,14H,3,5-6,8,10-11H2,1-2H3. The quantitative estimate of drug-likeness (QED) is 0.867. The van der Waals surface area contributed by atoms with E-state index >= 15 is 0 Å². The Bertz CT molecular complexity index is 302. The lowest BCUT2D eigenvalue weighted by atomic mass is 9.82. The molecule has 1 aromatic heterocycles. The van der Waals surface area contributed by atoms with Crippen LogP contribution in [0.1, 0.15) is 25.3 Å². The van der Waals surface area contributed by atoms with Gasteiger partial charge in [-0.2, -0.15) is 11.3 Å². The first-order chi connectivity index (χ1) is 7.68. The van der Waals surface area contributed by atoms with E-state index in [0.29, 0.717) is 5.41 Å². The molecular weight excluding hydrogens is 216 g/mol. The van der Waals surface area contributed by atoms with Gasteiger partial charge in [0.05, 0.1) is 0 Å². The van der Waals surface area contributed by atoms with E-state index in [1.54, 1.807) is 11.3 Å². The summed E-state index contributed by atoms with van der Waals surface area (Å²) in [4.78, 5) is 2.45. The first-order valence-electron chi connectivity index (χ1n) is 6.08. The lowest BCUT2D eigenvalue weighted by molar-refractivity contribution is 0.149. The highest BCUT2D eigenvalue weighted by atomic mass is 32.1. The molecule has 0 aromatic carbocycles. The smallest absolute Gasteiger partial charge is 0.0239 e. The molecule has 3 heteroatoms. The number of nitrogens with one attached hydrogen (secondary N) is 1. The van der Waals surface area contributed by atoms with Crippen molar-refractivity contribution in [3.63, 3.8) is 0 Å². The van der Waals surface area contributed by atoms with E-state index in [2.05, 4.69) is 41.0 Å². The van der Waals surface area contributed by atoms with Gasteiger partial charge in [0.25, 0.3) is 0 Å². The highest BCUT2D eigenvalue weighted by Crippen LogP contribution is 2.26. The normalized spacial score (nSPS) is 26.2. The second kappa shape index (κ2) is 5.30. The Kier molecular flexibility index (Phi) is 4.00. The average molecular weight is 238 g/mol. The minimum atomic E-state index is 0.461. The highest BCUT2D eigenvalue weighted by Gasteiger charge is 2.27. The van der Waals surface area contributed by atoms with E-state index in [1.807, 2.05) is 0 Å². The Hall–Kier alpha value is -0.380. The molecule has 1 aliphatic heterocycles. The second-order valence-electron chi connectivity index (χ2n) is 5.39.